The molecule has 1 heterocycles. The first-order valence-electron chi connectivity index (χ1n) is 5.90. The number of nitrogens with zero attached hydrogens (tertiary/aromatic N) is 2. The third-order valence-electron chi connectivity index (χ3n) is 2.32. The van der Waals surface area contributed by atoms with Crippen molar-refractivity contribution in [3.05, 3.63) is 22.7 Å². The van der Waals surface area contributed by atoms with Crippen molar-refractivity contribution in [2.24, 2.45) is 5.92 Å². The highest BCUT2D eigenvalue weighted by atomic mass is 16.5. The molecule has 0 spiro atoms. The number of nitrogens with one attached hydrogen (secondary N) is 1. The van der Waals surface area contributed by atoms with Gasteiger partial charge in [-0.05, 0) is 5.92 Å². The molecule has 0 fully saturated rings. The van der Waals surface area contributed by atoms with E-state index in [2.05, 4.69) is 15.0 Å². The first kappa shape index (κ1) is 14.2. The Hall–Kier alpha value is -1.85. The maximum Gasteiger partial charge on any atom is 0.307 e. The van der Waals surface area contributed by atoms with Crippen LogP contribution in [-0.4, -0.2) is 29.2 Å². The van der Waals surface area contributed by atoms with Crippen LogP contribution >= 0.6 is 0 Å². The normalized spacial score (nSPS) is 10.4. The van der Waals surface area contributed by atoms with Crippen LogP contribution in [0.15, 0.2) is 17.2 Å². The molecule has 0 aliphatic heterocycles. The summed E-state index contributed by atoms with van der Waals surface area (Å²) in [5.41, 5.74) is -0.170. The SMILES string of the molecule is COC(=O)CCNc1nccn(CC(C)C)c1=O. The number of methoxy groups -OCH3 is 1. The summed E-state index contributed by atoms with van der Waals surface area (Å²) in [5.74, 6) is 0.330. The Bertz CT molecular complexity index is 454. The molecule has 6 nitrogen and oxygen atoms in total. The summed E-state index contributed by atoms with van der Waals surface area (Å²) in [6.07, 6.45) is 3.44. The topological polar surface area (TPSA) is 73.2 Å². The van der Waals surface area contributed by atoms with Crippen molar-refractivity contribution >= 4 is 11.8 Å². The zero-order chi connectivity index (χ0) is 13.5. The smallest absolute Gasteiger partial charge is 0.307 e. The highest BCUT2D eigenvalue weighted by Gasteiger charge is 2.06. The van der Waals surface area contributed by atoms with Gasteiger partial charge in [-0.2, -0.15) is 0 Å². The lowest BCUT2D eigenvalue weighted by molar-refractivity contribution is -0.140. The van der Waals surface area contributed by atoms with Gasteiger partial charge in [-0.15, -0.1) is 0 Å². The fraction of sp³-hybridized carbons (Fsp3) is 0.583. The fourth-order valence-electron chi connectivity index (χ4n) is 1.49. The van der Waals surface area contributed by atoms with Crippen molar-refractivity contribution in [1.29, 1.82) is 0 Å². The maximum atomic E-state index is 12.0. The van der Waals surface area contributed by atoms with Gasteiger partial charge in [0, 0.05) is 25.5 Å². The van der Waals surface area contributed by atoms with Crippen molar-refractivity contribution in [1.82, 2.24) is 9.55 Å². The third-order valence-corrected chi connectivity index (χ3v) is 2.32. The highest BCUT2D eigenvalue weighted by molar-refractivity contribution is 5.69. The van der Waals surface area contributed by atoms with Crippen molar-refractivity contribution in [2.75, 3.05) is 19.0 Å². The molecule has 1 aromatic heterocycles. The average molecular weight is 253 g/mol. The molecular formula is C12H19N3O3. The number of ether oxygens (including phenoxy) is 1. The molecule has 0 aliphatic rings. The number of anilines is 1. The van der Waals surface area contributed by atoms with Crippen molar-refractivity contribution in [3.63, 3.8) is 0 Å². The first-order chi connectivity index (χ1) is 8.54. The number of aromatic nitrogens is 2. The molecule has 0 radical (unpaired) electrons. The molecule has 0 saturated heterocycles. The van der Waals surface area contributed by atoms with Crippen LogP contribution in [0.4, 0.5) is 5.82 Å². The van der Waals surface area contributed by atoms with Gasteiger partial charge in [-0.3, -0.25) is 9.59 Å². The number of rotatable bonds is 6. The van der Waals surface area contributed by atoms with Crippen LogP contribution in [-0.2, 0) is 16.1 Å². The van der Waals surface area contributed by atoms with Crippen LogP contribution in [0, 0.1) is 5.92 Å². The second-order valence-corrected chi connectivity index (χ2v) is 4.38. The van der Waals surface area contributed by atoms with Gasteiger partial charge in [0.05, 0.1) is 13.5 Å². The lowest BCUT2D eigenvalue weighted by Gasteiger charge is -2.10. The number of carbonyl (C=O) groups excluding carboxylic acids is 1. The molecule has 0 atom stereocenters. The van der Waals surface area contributed by atoms with Gasteiger partial charge in [-0.1, -0.05) is 13.8 Å². The molecule has 0 saturated carbocycles. The van der Waals surface area contributed by atoms with E-state index in [1.54, 1.807) is 17.0 Å². The lowest BCUT2D eigenvalue weighted by Crippen LogP contribution is -2.26. The van der Waals surface area contributed by atoms with Crippen LogP contribution in [0.2, 0.25) is 0 Å². The standard InChI is InChI=1S/C12H19N3O3/c1-9(2)8-15-7-6-14-11(12(15)17)13-5-4-10(16)18-3/h6-7,9H,4-5,8H2,1-3H3,(H,13,14). The fourth-order valence-corrected chi connectivity index (χ4v) is 1.49. The van der Waals surface area contributed by atoms with Crippen LogP contribution in [0.1, 0.15) is 20.3 Å². The van der Waals surface area contributed by atoms with Crippen LogP contribution < -0.4 is 10.9 Å². The Balaban J connectivity index is 2.66. The van der Waals surface area contributed by atoms with E-state index in [4.69, 9.17) is 0 Å². The van der Waals surface area contributed by atoms with E-state index in [0.29, 0.717) is 19.0 Å². The van der Waals surface area contributed by atoms with Crippen LogP contribution in [0.3, 0.4) is 0 Å². The molecule has 6 heteroatoms. The number of carbonyl (C=O) groups is 1. The second kappa shape index (κ2) is 6.78. The summed E-state index contributed by atoms with van der Waals surface area (Å²) >= 11 is 0. The average Bonchev–Trinajstić information content (AvgIpc) is 2.33. The molecule has 1 N–H and O–H groups in total. The summed E-state index contributed by atoms with van der Waals surface area (Å²) in [6.45, 7) is 5.06. The molecule has 1 aromatic rings. The Morgan fingerprint density at radius 3 is 2.89 bits per heavy atom. The second-order valence-electron chi connectivity index (χ2n) is 4.38. The Morgan fingerprint density at radius 1 is 1.56 bits per heavy atom. The van der Waals surface area contributed by atoms with Crippen molar-refractivity contribution in [2.45, 2.75) is 26.8 Å². The number of esters is 1. The van der Waals surface area contributed by atoms with E-state index in [1.165, 1.54) is 7.11 Å². The van der Waals surface area contributed by atoms with Gasteiger partial charge in [0.1, 0.15) is 0 Å². The number of hydrogen-bond acceptors (Lipinski definition) is 5. The van der Waals surface area contributed by atoms with E-state index >= 15 is 0 Å². The summed E-state index contributed by atoms with van der Waals surface area (Å²) in [5, 5.41) is 2.85. The van der Waals surface area contributed by atoms with Gasteiger partial charge < -0.3 is 14.6 Å². The van der Waals surface area contributed by atoms with Gasteiger partial charge in [0.25, 0.3) is 5.56 Å². The van der Waals surface area contributed by atoms with Crippen molar-refractivity contribution < 1.29 is 9.53 Å². The van der Waals surface area contributed by atoms with E-state index in [1.807, 2.05) is 13.8 Å². The Morgan fingerprint density at radius 2 is 2.28 bits per heavy atom. The summed E-state index contributed by atoms with van der Waals surface area (Å²) < 4.78 is 6.12. The predicted octanol–water partition coefficient (Wildman–Crippen LogP) is 0.874. The zero-order valence-corrected chi connectivity index (χ0v) is 11.0. The monoisotopic (exact) mass is 253 g/mol. The largest absolute Gasteiger partial charge is 0.469 e. The molecule has 0 amide bonds. The molecule has 0 bridgehead atoms. The van der Waals surface area contributed by atoms with Crippen LogP contribution in [0.25, 0.3) is 0 Å². The maximum absolute atomic E-state index is 12.0. The zero-order valence-electron chi connectivity index (χ0n) is 11.0. The Kier molecular flexibility index (Phi) is 5.35. The molecular weight excluding hydrogens is 234 g/mol. The molecule has 0 aliphatic carbocycles. The third kappa shape index (κ3) is 4.20. The number of hydrogen-bond donors (Lipinski definition) is 1. The highest BCUT2D eigenvalue weighted by Crippen LogP contribution is 1.99. The first-order valence-corrected chi connectivity index (χ1v) is 5.90. The molecule has 0 unspecified atom stereocenters. The van der Waals surface area contributed by atoms with E-state index in [-0.39, 0.29) is 23.8 Å². The summed E-state index contributed by atoms with van der Waals surface area (Å²) in [6, 6.07) is 0. The minimum Gasteiger partial charge on any atom is -0.469 e. The predicted molar refractivity (Wildman–Crippen MR) is 68.5 cm³/mol. The molecule has 100 valence electrons. The van der Waals surface area contributed by atoms with Gasteiger partial charge in [0.15, 0.2) is 5.82 Å². The van der Waals surface area contributed by atoms with Crippen LogP contribution in [0.5, 0.6) is 0 Å². The van der Waals surface area contributed by atoms with E-state index in [0.717, 1.165) is 0 Å². The molecule has 18 heavy (non-hydrogen) atoms. The minimum atomic E-state index is -0.319. The lowest BCUT2D eigenvalue weighted by atomic mass is 10.2. The van der Waals surface area contributed by atoms with Gasteiger partial charge in [-0.25, -0.2) is 4.98 Å². The van der Waals surface area contributed by atoms with E-state index < -0.39 is 0 Å². The van der Waals surface area contributed by atoms with Gasteiger partial charge in [0.2, 0.25) is 0 Å². The summed E-state index contributed by atoms with van der Waals surface area (Å²) in [4.78, 5) is 26.9. The molecule has 1 rings (SSSR count). The minimum absolute atomic E-state index is 0.170. The Labute approximate surface area is 106 Å². The van der Waals surface area contributed by atoms with E-state index in [9.17, 15) is 9.59 Å². The van der Waals surface area contributed by atoms with Crippen molar-refractivity contribution in [3.8, 4) is 0 Å². The van der Waals surface area contributed by atoms with Gasteiger partial charge >= 0.3 is 5.97 Å². The molecule has 0 aromatic carbocycles. The summed E-state index contributed by atoms with van der Waals surface area (Å²) in [7, 11) is 1.33. The quantitative estimate of drug-likeness (QED) is 0.762.